The molecule has 0 aliphatic heterocycles. The van der Waals surface area contributed by atoms with Crippen molar-refractivity contribution in [2.75, 3.05) is 19.2 Å². The fourth-order valence-electron chi connectivity index (χ4n) is 0.167. The van der Waals surface area contributed by atoms with Gasteiger partial charge in [-0.3, -0.25) is 0 Å². The zero-order valence-corrected chi connectivity index (χ0v) is 6.19. The molecule has 0 unspecified atom stereocenters. The summed E-state index contributed by atoms with van der Waals surface area (Å²) < 4.78 is 9.16. The zero-order chi connectivity index (χ0) is 6.24. The molecule has 0 heterocycles. The molecule has 0 amide bonds. The van der Waals surface area contributed by atoms with E-state index in [1.54, 1.807) is 7.11 Å². The Bertz CT molecular complexity index is 92.3. The van der Waals surface area contributed by atoms with Gasteiger partial charge in [-0.05, 0) is 5.92 Å². The van der Waals surface area contributed by atoms with Gasteiger partial charge in [0.25, 0.3) is 0 Å². The number of hydrogen-bond acceptors (Lipinski definition) is 2. The van der Waals surface area contributed by atoms with Crippen molar-refractivity contribution in [1.82, 2.24) is 0 Å². The first kappa shape index (κ1) is 7.80. The first-order chi connectivity index (χ1) is 3.91. The van der Waals surface area contributed by atoms with Crippen LogP contribution in [0.15, 0.2) is 0 Å². The molecule has 2 nitrogen and oxygen atoms in total. The van der Waals surface area contributed by atoms with Gasteiger partial charge in [0.05, 0.1) is 5.33 Å². The van der Waals surface area contributed by atoms with Crippen molar-refractivity contribution in [3.8, 4) is 12.0 Å². The number of hydrogen-bond donors (Lipinski definition) is 0. The number of methoxy groups -OCH3 is 1. The molecule has 0 saturated heterocycles. The van der Waals surface area contributed by atoms with Crippen molar-refractivity contribution in [1.29, 1.82) is 0 Å². The van der Waals surface area contributed by atoms with Gasteiger partial charge in [0.1, 0.15) is 6.11 Å². The van der Waals surface area contributed by atoms with Crippen LogP contribution in [0.4, 0.5) is 0 Å². The molecule has 0 N–H and O–H groups in total. The lowest BCUT2D eigenvalue weighted by molar-refractivity contribution is 0.0311. The van der Waals surface area contributed by atoms with E-state index in [-0.39, 0.29) is 6.79 Å². The Balaban J connectivity index is 2.90. The minimum Gasteiger partial charge on any atom is -0.417 e. The quantitative estimate of drug-likeness (QED) is 0.272. The van der Waals surface area contributed by atoms with Crippen molar-refractivity contribution >= 4 is 15.9 Å². The standard InChI is InChI=1S/C5H7BrO2/c1-7-5-8-4-2-3-6/h3,5H2,1H3. The van der Waals surface area contributed by atoms with Crippen LogP contribution in [0.25, 0.3) is 0 Å². The molecule has 0 bridgehead atoms. The fraction of sp³-hybridized carbons (Fsp3) is 0.600. The van der Waals surface area contributed by atoms with Gasteiger partial charge in [-0.25, -0.2) is 0 Å². The summed E-state index contributed by atoms with van der Waals surface area (Å²) in [6.45, 7) is 0.236. The minimum absolute atomic E-state index is 0.236. The largest absolute Gasteiger partial charge is 0.417 e. The molecule has 0 aromatic heterocycles. The molecule has 0 saturated carbocycles. The fourth-order valence-corrected chi connectivity index (χ4v) is 0.281. The Kier molecular flexibility index (Phi) is 6.63. The van der Waals surface area contributed by atoms with Gasteiger partial charge < -0.3 is 9.47 Å². The SMILES string of the molecule is COCOC#CCBr. The van der Waals surface area contributed by atoms with E-state index in [1.165, 1.54) is 0 Å². The lowest BCUT2D eigenvalue weighted by Crippen LogP contribution is -1.88. The number of rotatable bonds is 2. The minimum atomic E-state index is 0.236. The van der Waals surface area contributed by atoms with Crippen LogP contribution in [0.5, 0.6) is 0 Å². The van der Waals surface area contributed by atoms with E-state index in [0.717, 1.165) is 0 Å². The van der Waals surface area contributed by atoms with E-state index < -0.39 is 0 Å². The Hall–Kier alpha value is -0.200. The first-order valence-electron chi connectivity index (χ1n) is 2.06. The second kappa shape index (κ2) is 6.80. The molecule has 0 aromatic rings. The van der Waals surface area contributed by atoms with Crippen LogP contribution in [0.2, 0.25) is 0 Å². The van der Waals surface area contributed by atoms with Crippen molar-refractivity contribution in [2.45, 2.75) is 0 Å². The molecule has 0 radical (unpaired) electrons. The van der Waals surface area contributed by atoms with Gasteiger partial charge in [-0.1, -0.05) is 15.9 Å². The van der Waals surface area contributed by atoms with Crippen molar-refractivity contribution in [2.24, 2.45) is 0 Å². The van der Waals surface area contributed by atoms with Crippen molar-refractivity contribution in [3.63, 3.8) is 0 Å². The second-order valence-electron chi connectivity index (χ2n) is 0.963. The summed E-state index contributed by atoms with van der Waals surface area (Å²) >= 11 is 3.11. The summed E-state index contributed by atoms with van der Waals surface area (Å²) in [6, 6.07) is 0. The average Bonchev–Trinajstić information content (AvgIpc) is 1.81. The van der Waals surface area contributed by atoms with Gasteiger partial charge >= 0.3 is 0 Å². The van der Waals surface area contributed by atoms with Gasteiger partial charge in [0.2, 0.25) is 0 Å². The highest BCUT2D eigenvalue weighted by Crippen LogP contribution is 1.74. The predicted octanol–water partition coefficient (Wildman–Crippen LogP) is 0.963. The van der Waals surface area contributed by atoms with Gasteiger partial charge in [-0.2, -0.15) is 0 Å². The lowest BCUT2D eigenvalue weighted by atomic mass is 10.8. The molecule has 0 aliphatic carbocycles. The Morgan fingerprint density at radius 2 is 2.38 bits per heavy atom. The summed E-state index contributed by atoms with van der Waals surface area (Å²) in [5.41, 5.74) is 0. The second-order valence-corrected chi connectivity index (χ2v) is 1.52. The smallest absolute Gasteiger partial charge is 0.199 e. The van der Waals surface area contributed by atoms with Gasteiger partial charge in [-0.15, -0.1) is 0 Å². The third-order valence-electron chi connectivity index (χ3n) is 0.388. The highest BCUT2D eigenvalue weighted by atomic mass is 79.9. The molecule has 0 fully saturated rings. The summed E-state index contributed by atoms with van der Waals surface area (Å²) in [7, 11) is 1.55. The van der Waals surface area contributed by atoms with Gasteiger partial charge in [0.15, 0.2) is 6.79 Å². The third-order valence-corrected chi connectivity index (χ3v) is 0.668. The highest BCUT2D eigenvalue weighted by Gasteiger charge is 1.70. The topological polar surface area (TPSA) is 18.5 Å². The molecule has 0 spiro atoms. The Morgan fingerprint density at radius 1 is 1.62 bits per heavy atom. The van der Waals surface area contributed by atoms with Crippen LogP contribution >= 0.6 is 15.9 Å². The van der Waals surface area contributed by atoms with E-state index in [1.807, 2.05) is 0 Å². The monoisotopic (exact) mass is 178 g/mol. The zero-order valence-electron chi connectivity index (χ0n) is 4.61. The molecule has 0 rings (SSSR count). The molecule has 0 aliphatic rings. The van der Waals surface area contributed by atoms with Crippen LogP contribution < -0.4 is 0 Å². The number of halogens is 1. The van der Waals surface area contributed by atoms with Crippen LogP contribution in [-0.4, -0.2) is 19.2 Å². The first-order valence-corrected chi connectivity index (χ1v) is 3.18. The van der Waals surface area contributed by atoms with Crippen LogP contribution in [-0.2, 0) is 9.47 Å². The maximum atomic E-state index is 4.61. The summed E-state index contributed by atoms with van der Waals surface area (Å²) in [5.74, 6) is 2.65. The third kappa shape index (κ3) is 5.80. The molecule has 0 atom stereocenters. The molecular weight excluding hydrogens is 172 g/mol. The number of ether oxygens (including phenoxy) is 2. The molecule has 8 heavy (non-hydrogen) atoms. The van der Waals surface area contributed by atoms with Crippen molar-refractivity contribution < 1.29 is 9.47 Å². The molecule has 0 aromatic carbocycles. The van der Waals surface area contributed by atoms with E-state index in [4.69, 9.17) is 0 Å². The predicted molar refractivity (Wildman–Crippen MR) is 34.5 cm³/mol. The van der Waals surface area contributed by atoms with E-state index >= 15 is 0 Å². The maximum absolute atomic E-state index is 4.61. The van der Waals surface area contributed by atoms with Crippen LogP contribution in [0, 0.1) is 12.0 Å². The van der Waals surface area contributed by atoms with E-state index in [0.29, 0.717) is 5.33 Å². The van der Waals surface area contributed by atoms with E-state index in [9.17, 15) is 0 Å². The highest BCUT2D eigenvalue weighted by molar-refractivity contribution is 9.09. The Labute approximate surface area is 57.3 Å². The van der Waals surface area contributed by atoms with Gasteiger partial charge in [0, 0.05) is 7.11 Å². The average molecular weight is 179 g/mol. The van der Waals surface area contributed by atoms with Crippen LogP contribution in [0.1, 0.15) is 0 Å². The number of alkyl halides is 1. The van der Waals surface area contributed by atoms with E-state index in [2.05, 4.69) is 37.4 Å². The molecule has 46 valence electrons. The lowest BCUT2D eigenvalue weighted by Gasteiger charge is -1.89. The molecular formula is C5H7BrO2. The normalized spacial score (nSPS) is 7.25. The summed E-state index contributed by atoms with van der Waals surface area (Å²) in [4.78, 5) is 0. The summed E-state index contributed by atoms with van der Waals surface area (Å²) in [6.07, 6.45) is 2.41. The summed E-state index contributed by atoms with van der Waals surface area (Å²) in [5, 5.41) is 0.636. The maximum Gasteiger partial charge on any atom is 0.199 e. The van der Waals surface area contributed by atoms with Crippen molar-refractivity contribution in [3.05, 3.63) is 0 Å². The Morgan fingerprint density at radius 3 is 2.88 bits per heavy atom. The molecule has 3 heteroatoms. The van der Waals surface area contributed by atoms with Crippen LogP contribution in [0.3, 0.4) is 0 Å².